The van der Waals surface area contributed by atoms with Crippen molar-refractivity contribution < 1.29 is 4.79 Å². The van der Waals surface area contributed by atoms with Crippen molar-refractivity contribution in [2.75, 3.05) is 11.1 Å². The summed E-state index contributed by atoms with van der Waals surface area (Å²) >= 11 is 3.65. The molecule has 1 heterocycles. The summed E-state index contributed by atoms with van der Waals surface area (Å²) in [5.41, 5.74) is 8.61. The van der Waals surface area contributed by atoms with Crippen molar-refractivity contribution in [3.8, 4) is 0 Å². The van der Waals surface area contributed by atoms with Crippen LogP contribution in [-0.2, 0) is 0 Å². The number of anilines is 2. The standard InChI is InChI=1S/C16H13IN2OS/c1-9-5-6-12-13(7-9)21-15(14(12)18)16(20)19-11-4-2-3-10(17)8-11/h2-8H,18H2,1H3,(H,19,20). The number of aryl methyl sites for hydroxylation is 1. The molecule has 0 saturated heterocycles. The number of fused-ring (bicyclic) bond motifs is 1. The third-order valence-electron chi connectivity index (χ3n) is 3.17. The smallest absolute Gasteiger partial charge is 0.267 e. The highest BCUT2D eigenvalue weighted by Gasteiger charge is 2.16. The van der Waals surface area contributed by atoms with E-state index in [9.17, 15) is 4.79 Å². The van der Waals surface area contributed by atoms with Gasteiger partial charge in [-0.3, -0.25) is 4.79 Å². The van der Waals surface area contributed by atoms with E-state index in [1.807, 2.05) is 43.3 Å². The van der Waals surface area contributed by atoms with Crippen LogP contribution in [0.2, 0.25) is 0 Å². The zero-order chi connectivity index (χ0) is 15.0. The van der Waals surface area contributed by atoms with E-state index in [1.165, 1.54) is 11.3 Å². The molecule has 5 heteroatoms. The predicted octanol–water partition coefficient (Wildman–Crippen LogP) is 4.65. The number of hydrogen-bond acceptors (Lipinski definition) is 3. The van der Waals surface area contributed by atoms with Crippen LogP contribution in [0.3, 0.4) is 0 Å². The minimum atomic E-state index is -0.159. The van der Waals surface area contributed by atoms with Crippen molar-refractivity contribution in [3.63, 3.8) is 0 Å². The largest absolute Gasteiger partial charge is 0.397 e. The van der Waals surface area contributed by atoms with E-state index in [0.717, 1.165) is 24.9 Å². The summed E-state index contributed by atoms with van der Waals surface area (Å²) in [6.07, 6.45) is 0. The summed E-state index contributed by atoms with van der Waals surface area (Å²) in [6, 6.07) is 13.7. The van der Waals surface area contributed by atoms with E-state index < -0.39 is 0 Å². The number of nitrogens with one attached hydrogen (secondary N) is 1. The van der Waals surface area contributed by atoms with Crippen LogP contribution in [0.4, 0.5) is 11.4 Å². The van der Waals surface area contributed by atoms with Gasteiger partial charge in [-0.1, -0.05) is 18.2 Å². The number of nitrogens with two attached hydrogens (primary N) is 1. The van der Waals surface area contributed by atoms with Crippen molar-refractivity contribution in [3.05, 3.63) is 56.5 Å². The molecule has 0 aliphatic carbocycles. The second-order valence-electron chi connectivity index (χ2n) is 4.81. The van der Waals surface area contributed by atoms with E-state index in [1.54, 1.807) is 0 Å². The fraction of sp³-hybridized carbons (Fsp3) is 0.0625. The van der Waals surface area contributed by atoms with Crippen LogP contribution in [-0.4, -0.2) is 5.91 Å². The molecule has 2 aromatic carbocycles. The summed E-state index contributed by atoms with van der Waals surface area (Å²) < 4.78 is 2.12. The lowest BCUT2D eigenvalue weighted by molar-refractivity contribution is 0.103. The van der Waals surface area contributed by atoms with Gasteiger partial charge in [-0.05, 0) is 59.3 Å². The molecule has 0 radical (unpaired) electrons. The first kappa shape index (κ1) is 14.3. The number of benzene rings is 2. The normalized spacial score (nSPS) is 10.8. The van der Waals surface area contributed by atoms with E-state index >= 15 is 0 Å². The zero-order valence-corrected chi connectivity index (χ0v) is 14.3. The van der Waals surface area contributed by atoms with Gasteiger partial charge in [0, 0.05) is 19.3 Å². The summed E-state index contributed by atoms with van der Waals surface area (Å²) in [4.78, 5) is 13.0. The Morgan fingerprint density at radius 2 is 2.05 bits per heavy atom. The van der Waals surface area contributed by atoms with Crippen LogP contribution < -0.4 is 11.1 Å². The molecule has 0 bridgehead atoms. The third kappa shape index (κ3) is 2.89. The molecule has 3 rings (SSSR count). The summed E-state index contributed by atoms with van der Waals surface area (Å²) in [7, 11) is 0. The van der Waals surface area contributed by atoms with Gasteiger partial charge >= 0.3 is 0 Å². The Bertz CT molecular complexity index is 841. The number of carbonyl (C=O) groups is 1. The Kier molecular flexibility index (Phi) is 3.86. The number of hydrogen-bond donors (Lipinski definition) is 2. The number of nitrogen functional groups attached to an aromatic ring is 1. The molecule has 3 nitrogen and oxygen atoms in total. The molecular weight excluding hydrogens is 395 g/mol. The van der Waals surface area contributed by atoms with Crippen molar-refractivity contribution in [2.24, 2.45) is 0 Å². The first-order chi connectivity index (χ1) is 10.0. The fourth-order valence-corrected chi connectivity index (χ4v) is 3.81. The minimum absolute atomic E-state index is 0.159. The van der Waals surface area contributed by atoms with E-state index in [2.05, 4.69) is 34.0 Å². The Morgan fingerprint density at radius 1 is 1.24 bits per heavy atom. The molecular formula is C16H13IN2OS. The van der Waals surface area contributed by atoms with Gasteiger partial charge in [0.05, 0.1) is 5.69 Å². The molecule has 0 saturated carbocycles. The Labute approximate surface area is 140 Å². The Hall–Kier alpha value is -1.60. The quantitative estimate of drug-likeness (QED) is 0.607. The molecule has 3 N–H and O–H groups in total. The predicted molar refractivity (Wildman–Crippen MR) is 98.1 cm³/mol. The number of thiophene rings is 1. The number of carbonyl (C=O) groups excluding carboxylic acids is 1. The molecule has 1 amide bonds. The maximum atomic E-state index is 12.4. The number of rotatable bonds is 2. The second-order valence-corrected chi connectivity index (χ2v) is 7.11. The lowest BCUT2D eigenvalue weighted by Crippen LogP contribution is -2.11. The highest BCUT2D eigenvalue weighted by molar-refractivity contribution is 14.1. The lowest BCUT2D eigenvalue weighted by Gasteiger charge is -2.04. The van der Waals surface area contributed by atoms with Crippen molar-refractivity contribution in [1.82, 2.24) is 0 Å². The van der Waals surface area contributed by atoms with Crippen LogP contribution in [0.15, 0.2) is 42.5 Å². The maximum absolute atomic E-state index is 12.4. The van der Waals surface area contributed by atoms with Crippen LogP contribution in [0.5, 0.6) is 0 Å². The minimum Gasteiger partial charge on any atom is -0.397 e. The highest BCUT2D eigenvalue weighted by atomic mass is 127. The van der Waals surface area contributed by atoms with Crippen LogP contribution in [0.1, 0.15) is 15.2 Å². The van der Waals surface area contributed by atoms with Gasteiger partial charge in [0.1, 0.15) is 4.88 Å². The van der Waals surface area contributed by atoms with Gasteiger partial charge in [-0.15, -0.1) is 11.3 Å². The van der Waals surface area contributed by atoms with E-state index in [0.29, 0.717) is 10.6 Å². The fourth-order valence-electron chi connectivity index (χ4n) is 2.15. The first-order valence-corrected chi connectivity index (χ1v) is 8.29. The summed E-state index contributed by atoms with van der Waals surface area (Å²) in [5, 5.41) is 3.85. The monoisotopic (exact) mass is 408 g/mol. The van der Waals surface area contributed by atoms with E-state index in [-0.39, 0.29) is 5.91 Å². The molecule has 21 heavy (non-hydrogen) atoms. The molecule has 0 fully saturated rings. The van der Waals surface area contributed by atoms with Gasteiger partial charge < -0.3 is 11.1 Å². The maximum Gasteiger partial charge on any atom is 0.267 e. The second kappa shape index (κ2) is 5.65. The molecule has 106 valence electrons. The number of amides is 1. The van der Waals surface area contributed by atoms with Crippen LogP contribution >= 0.6 is 33.9 Å². The molecule has 0 aliphatic rings. The molecule has 0 unspecified atom stereocenters. The van der Waals surface area contributed by atoms with Crippen molar-refractivity contribution in [2.45, 2.75) is 6.92 Å². The van der Waals surface area contributed by atoms with Crippen molar-refractivity contribution >= 4 is 61.3 Å². The number of halogens is 1. The summed E-state index contributed by atoms with van der Waals surface area (Å²) in [5.74, 6) is -0.159. The molecule has 0 aliphatic heterocycles. The topological polar surface area (TPSA) is 55.1 Å². The lowest BCUT2D eigenvalue weighted by atomic mass is 10.1. The highest BCUT2D eigenvalue weighted by Crippen LogP contribution is 2.34. The Morgan fingerprint density at radius 3 is 2.81 bits per heavy atom. The molecule has 1 aromatic heterocycles. The molecule has 0 atom stereocenters. The van der Waals surface area contributed by atoms with Gasteiger partial charge in [0.15, 0.2) is 0 Å². The molecule has 0 spiro atoms. The summed E-state index contributed by atoms with van der Waals surface area (Å²) in [6.45, 7) is 2.03. The zero-order valence-electron chi connectivity index (χ0n) is 11.3. The Balaban J connectivity index is 1.96. The average Bonchev–Trinajstić information content (AvgIpc) is 2.75. The third-order valence-corrected chi connectivity index (χ3v) is 5.01. The van der Waals surface area contributed by atoms with Crippen molar-refractivity contribution in [1.29, 1.82) is 0 Å². The first-order valence-electron chi connectivity index (χ1n) is 6.40. The SMILES string of the molecule is Cc1ccc2c(N)c(C(=O)Nc3cccc(I)c3)sc2c1. The van der Waals surface area contributed by atoms with Gasteiger partial charge in [0.25, 0.3) is 5.91 Å². The average molecular weight is 408 g/mol. The van der Waals surface area contributed by atoms with Gasteiger partial charge in [0.2, 0.25) is 0 Å². The molecule has 3 aromatic rings. The van der Waals surface area contributed by atoms with E-state index in [4.69, 9.17) is 5.73 Å². The van der Waals surface area contributed by atoms with Crippen LogP contribution in [0, 0.1) is 10.5 Å². The van der Waals surface area contributed by atoms with Gasteiger partial charge in [-0.25, -0.2) is 0 Å². The van der Waals surface area contributed by atoms with Gasteiger partial charge in [-0.2, -0.15) is 0 Å². The van der Waals surface area contributed by atoms with Crippen LogP contribution in [0.25, 0.3) is 10.1 Å².